The third-order valence-corrected chi connectivity index (χ3v) is 5.21. The summed E-state index contributed by atoms with van der Waals surface area (Å²) in [5.74, 6) is -0.992. The summed E-state index contributed by atoms with van der Waals surface area (Å²) in [6, 6.07) is 18.0. The van der Waals surface area contributed by atoms with Gasteiger partial charge in [0.05, 0.1) is 4.90 Å². The van der Waals surface area contributed by atoms with Crippen LogP contribution in [0.3, 0.4) is 0 Å². The minimum absolute atomic E-state index is 0.0619. The van der Waals surface area contributed by atoms with Gasteiger partial charge in [-0.3, -0.25) is 9.52 Å². The van der Waals surface area contributed by atoms with Crippen molar-refractivity contribution in [2.75, 3.05) is 10.0 Å². The van der Waals surface area contributed by atoms with Gasteiger partial charge in [0.2, 0.25) is 0 Å². The molecule has 0 fully saturated rings. The summed E-state index contributed by atoms with van der Waals surface area (Å²) >= 11 is 0. The molecule has 2 N–H and O–H groups in total. The van der Waals surface area contributed by atoms with Gasteiger partial charge >= 0.3 is 0 Å². The Kier molecular flexibility index (Phi) is 5.23. The third kappa shape index (κ3) is 4.71. The molecule has 3 aromatic rings. The molecule has 5 nitrogen and oxygen atoms in total. The summed E-state index contributed by atoms with van der Waals surface area (Å²) in [4.78, 5) is 12.2. The van der Waals surface area contributed by atoms with Gasteiger partial charge in [0.25, 0.3) is 15.9 Å². The topological polar surface area (TPSA) is 75.3 Å². The van der Waals surface area contributed by atoms with Gasteiger partial charge in [-0.2, -0.15) is 0 Å². The monoisotopic (exact) mass is 384 g/mol. The molecule has 0 aliphatic rings. The molecule has 0 aromatic heterocycles. The predicted octanol–water partition coefficient (Wildman–Crippen LogP) is 4.19. The largest absolute Gasteiger partial charge is 0.322 e. The number of benzene rings is 3. The number of rotatable bonds is 5. The third-order valence-electron chi connectivity index (χ3n) is 3.81. The van der Waals surface area contributed by atoms with Gasteiger partial charge in [0.1, 0.15) is 5.82 Å². The zero-order chi connectivity index (χ0) is 19.4. The van der Waals surface area contributed by atoms with Gasteiger partial charge in [-0.25, -0.2) is 12.8 Å². The van der Waals surface area contributed by atoms with Crippen LogP contribution in [-0.2, 0) is 10.0 Å². The molecule has 7 heteroatoms. The Hall–Kier alpha value is -3.19. The van der Waals surface area contributed by atoms with E-state index in [1.165, 1.54) is 42.5 Å². The van der Waals surface area contributed by atoms with Crippen LogP contribution in [0.4, 0.5) is 15.8 Å². The molecule has 138 valence electrons. The fourth-order valence-corrected chi connectivity index (χ4v) is 3.44. The molecule has 0 unspecified atom stereocenters. The van der Waals surface area contributed by atoms with E-state index in [4.69, 9.17) is 0 Å². The number of nitrogens with one attached hydrogen (secondary N) is 2. The smallest absolute Gasteiger partial charge is 0.261 e. The van der Waals surface area contributed by atoms with E-state index in [0.717, 1.165) is 11.6 Å². The first-order valence-electron chi connectivity index (χ1n) is 8.10. The fourth-order valence-electron chi connectivity index (χ4n) is 2.39. The van der Waals surface area contributed by atoms with Gasteiger partial charge in [-0.05, 0) is 61.5 Å². The lowest BCUT2D eigenvalue weighted by atomic mass is 10.2. The van der Waals surface area contributed by atoms with E-state index in [9.17, 15) is 17.6 Å². The van der Waals surface area contributed by atoms with Crippen molar-refractivity contribution >= 4 is 27.3 Å². The van der Waals surface area contributed by atoms with Crippen LogP contribution in [-0.4, -0.2) is 14.3 Å². The normalized spacial score (nSPS) is 11.0. The number of halogens is 1. The fraction of sp³-hybridized carbons (Fsp3) is 0.0500. The van der Waals surface area contributed by atoms with Crippen molar-refractivity contribution in [1.82, 2.24) is 0 Å². The van der Waals surface area contributed by atoms with E-state index in [1.807, 2.05) is 19.1 Å². The number of hydrogen-bond donors (Lipinski definition) is 2. The number of carbonyl (C=O) groups excluding carboxylic acids is 1. The highest BCUT2D eigenvalue weighted by molar-refractivity contribution is 7.92. The first-order chi connectivity index (χ1) is 12.8. The lowest BCUT2D eigenvalue weighted by molar-refractivity contribution is 0.102. The second-order valence-electron chi connectivity index (χ2n) is 5.96. The number of aryl methyl sites for hydroxylation is 1. The number of hydrogen-bond acceptors (Lipinski definition) is 3. The minimum atomic E-state index is -3.74. The second-order valence-corrected chi connectivity index (χ2v) is 7.64. The van der Waals surface area contributed by atoms with Gasteiger partial charge in [0.15, 0.2) is 0 Å². The quantitative estimate of drug-likeness (QED) is 0.693. The van der Waals surface area contributed by atoms with Crippen LogP contribution >= 0.6 is 0 Å². The lowest BCUT2D eigenvalue weighted by Crippen LogP contribution is -2.14. The number of anilines is 2. The maximum absolute atomic E-state index is 13.2. The van der Waals surface area contributed by atoms with Crippen LogP contribution in [0.5, 0.6) is 0 Å². The molecule has 0 spiro atoms. The molecular weight excluding hydrogens is 367 g/mol. The van der Waals surface area contributed by atoms with Crippen LogP contribution in [0.25, 0.3) is 0 Å². The summed E-state index contributed by atoms with van der Waals surface area (Å²) in [6.45, 7) is 1.91. The first-order valence-corrected chi connectivity index (χ1v) is 9.58. The van der Waals surface area contributed by atoms with Crippen LogP contribution in [0.15, 0.2) is 77.7 Å². The summed E-state index contributed by atoms with van der Waals surface area (Å²) in [7, 11) is -3.74. The van der Waals surface area contributed by atoms with Crippen molar-refractivity contribution < 1.29 is 17.6 Å². The second kappa shape index (κ2) is 7.59. The Morgan fingerprint density at radius 2 is 1.52 bits per heavy atom. The molecule has 0 bridgehead atoms. The average molecular weight is 384 g/mol. The number of amides is 1. The number of carbonyl (C=O) groups is 1. The maximum atomic E-state index is 13.2. The molecule has 1 amide bonds. The maximum Gasteiger partial charge on any atom is 0.261 e. The zero-order valence-electron chi connectivity index (χ0n) is 14.4. The number of sulfonamides is 1. The van der Waals surface area contributed by atoms with Crippen molar-refractivity contribution in [2.24, 2.45) is 0 Å². The molecule has 0 aliphatic carbocycles. The van der Waals surface area contributed by atoms with Gasteiger partial charge < -0.3 is 5.32 Å². The molecule has 0 radical (unpaired) electrons. The molecule has 0 atom stereocenters. The van der Waals surface area contributed by atoms with Gasteiger partial charge in [0, 0.05) is 16.9 Å². The van der Waals surface area contributed by atoms with Crippen LogP contribution < -0.4 is 10.0 Å². The van der Waals surface area contributed by atoms with E-state index in [2.05, 4.69) is 10.0 Å². The van der Waals surface area contributed by atoms with Crippen molar-refractivity contribution in [1.29, 1.82) is 0 Å². The van der Waals surface area contributed by atoms with Crippen molar-refractivity contribution in [3.05, 3.63) is 89.7 Å². The molecule has 0 saturated carbocycles. The highest BCUT2D eigenvalue weighted by Crippen LogP contribution is 2.19. The summed E-state index contributed by atoms with van der Waals surface area (Å²) in [6.07, 6.45) is 0. The van der Waals surface area contributed by atoms with E-state index in [0.29, 0.717) is 11.4 Å². The van der Waals surface area contributed by atoms with E-state index >= 15 is 0 Å². The summed E-state index contributed by atoms with van der Waals surface area (Å²) in [5, 5.41) is 2.60. The highest BCUT2D eigenvalue weighted by Gasteiger charge is 2.14. The Morgan fingerprint density at radius 1 is 0.889 bits per heavy atom. The van der Waals surface area contributed by atoms with Crippen LogP contribution in [0, 0.1) is 12.7 Å². The first kappa shape index (κ1) is 18.6. The van der Waals surface area contributed by atoms with E-state index in [-0.39, 0.29) is 10.5 Å². The SMILES string of the molecule is Cc1ccc(NS(=O)(=O)c2ccc(NC(=O)c3cccc(F)c3)cc2)cc1. The summed E-state index contributed by atoms with van der Waals surface area (Å²) < 4.78 is 40.6. The molecule has 0 heterocycles. The Bertz CT molecular complexity index is 1060. The van der Waals surface area contributed by atoms with E-state index < -0.39 is 21.7 Å². The minimum Gasteiger partial charge on any atom is -0.322 e. The summed E-state index contributed by atoms with van der Waals surface area (Å²) in [5.41, 5.74) is 2.06. The molecule has 3 aromatic carbocycles. The van der Waals surface area contributed by atoms with E-state index in [1.54, 1.807) is 12.1 Å². The Morgan fingerprint density at radius 3 is 2.15 bits per heavy atom. The van der Waals surface area contributed by atoms with Gasteiger partial charge in [-0.15, -0.1) is 0 Å². The molecule has 3 rings (SSSR count). The molecule has 0 saturated heterocycles. The molecule has 27 heavy (non-hydrogen) atoms. The highest BCUT2D eigenvalue weighted by atomic mass is 32.2. The van der Waals surface area contributed by atoms with Crippen molar-refractivity contribution in [3.63, 3.8) is 0 Å². The predicted molar refractivity (Wildman–Crippen MR) is 103 cm³/mol. The molecular formula is C20H17FN2O3S. The van der Waals surface area contributed by atoms with Crippen LogP contribution in [0.2, 0.25) is 0 Å². The van der Waals surface area contributed by atoms with Crippen LogP contribution in [0.1, 0.15) is 15.9 Å². The van der Waals surface area contributed by atoms with Crippen molar-refractivity contribution in [2.45, 2.75) is 11.8 Å². The Labute approximate surface area is 156 Å². The standard InChI is InChI=1S/C20H17FN2O3S/c1-14-5-7-18(8-6-14)23-27(25,26)19-11-9-17(10-12-19)22-20(24)15-3-2-4-16(21)13-15/h2-13,23H,1H3,(H,22,24). The van der Waals surface area contributed by atoms with Gasteiger partial charge in [-0.1, -0.05) is 23.8 Å². The molecule has 0 aliphatic heterocycles. The van der Waals surface area contributed by atoms with Crippen molar-refractivity contribution in [3.8, 4) is 0 Å². The average Bonchev–Trinajstić information content (AvgIpc) is 2.64. The Balaban J connectivity index is 1.72. The lowest BCUT2D eigenvalue weighted by Gasteiger charge is -2.10. The zero-order valence-corrected chi connectivity index (χ0v) is 15.3.